The number of phenols is 1. The van der Waals surface area contributed by atoms with Crippen LogP contribution in [0.3, 0.4) is 0 Å². The number of benzene rings is 1. The highest BCUT2D eigenvalue weighted by Crippen LogP contribution is 2.35. The number of nitrogen functional groups attached to an aromatic ring is 1. The zero-order chi connectivity index (χ0) is 18.7. The number of anilines is 1. The van der Waals surface area contributed by atoms with Gasteiger partial charge in [0.2, 0.25) is 0 Å². The molecule has 0 aliphatic carbocycles. The van der Waals surface area contributed by atoms with Gasteiger partial charge in [-0.15, -0.1) is 0 Å². The summed E-state index contributed by atoms with van der Waals surface area (Å²) in [6, 6.07) is 8.65. The van der Waals surface area contributed by atoms with Crippen molar-refractivity contribution in [2.45, 2.75) is 6.54 Å². The number of nitriles is 2. The summed E-state index contributed by atoms with van der Waals surface area (Å²) in [4.78, 5) is 16.6. The van der Waals surface area contributed by atoms with Crippen LogP contribution in [-0.4, -0.2) is 41.3 Å². The first-order valence-corrected chi connectivity index (χ1v) is 8.03. The maximum atomic E-state index is 12.1. The number of aromatic amines is 1. The number of nitrogens with zero attached hydrogens (tertiary/aromatic N) is 3. The van der Waals surface area contributed by atoms with Crippen molar-refractivity contribution in [2.24, 2.45) is 0 Å². The molecule has 0 unspecified atom stereocenters. The highest BCUT2D eigenvalue weighted by molar-refractivity contribution is 5.83. The Labute approximate surface area is 149 Å². The van der Waals surface area contributed by atoms with Crippen LogP contribution in [0.5, 0.6) is 5.75 Å². The van der Waals surface area contributed by atoms with Crippen molar-refractivity contribution < 1.29 is 9.84 Å². The van der Waals surface area contributed by atoms with Gasteiger partial charge in [0.1, 0.15) is 34.8 Å². The van der Waals surface area contributed by atoms with Crippen LogP contribution in [0.25, 0.3) is 11.1 Å². The van der Waals surface area contributed by atoms with Crippen LogP contribution in [-0.2, 0) is 11.3 Å². The van der Waals surface area contributed by atoms with E-state index in [0.717, 1.165) is 18.7 Å². The molecule has 132 valence electrons. The lowest BCUT2D eigenvalue weighted by molar-refractivity contribution is 0.0342. The number of H-pyrrole nitrogens is 1. The van der Waals surface area contributed by atoms with E-state index in [2.05, 4.69) is 9.88 Å². The Morgan fingerprint density at radius 1 is 1.23 bits per heavy atom. The van der Waals surface area contributed by atoms with Crippen molar-refractivity contribution in [2.75, 3.05) is 32.0 Å². The third kappa shape index (κ3) is 3.24. The molecule has 8 heteroatoms. The number of rotatable bonds is 3. The number of pyridine rings is 1. The number of nitrogens with two attached hydrogens (primary N) is 1. The van der Waals surface area contributed by atoms with Crippen LogP contribution in [0.4, 0.5) is 5.82 Å². The third-order valence-corrected chi connectivity index (χ3v) is 4.31. The molecule has 3 rings (SSSR count). The van der Waals surface area contributed by atoms with Crippen LogP contribution >= 0.6 is 0 Å². The molecule has 0 amide bonds. The van der Waals surface area contributed by atoms with Crippen molar-refractivity contribution in [3.05, 3.63) is 45.2 Å². The molecule has 4 N–H and O–H groups in total. The minimum absolute atomic E-state index is 0.0417. The molecule has 0 atom stereocenters. The Morgan fingerprint density at radius 3 is 2.58 bits per heavy atom. The lowest BCUT2D eigenvalue weighted by atomic mass is 9.94. The fourth-order valence-corrected chi connectivity index (χ4v) is 3.01. The highest BCUT2D eigenvalue weighted by Gasteiger charge is 2.21. The monoisotopic (exact) mass is 351 g/mol. The van der Waals surface area contributed by atoms with Crippen LogP contribution < -0.4 is 11.3 Å². The smallest absolute Gasteiger partial charge is 0.268 e. The van der Waals surface area contributed by atoms with E-state index in [1.165, 1.54) is 6.07 Å². The zero-order valence-electron chi connectivity index (χ0n) is 14.0. The zero-order valence-corrected chi connectivity index (χ0v) is 14.0. The van der Waals surface area contributed by atoms with Gasteiger partial charge in [-0.1, -0.05) is 6.07 Å². The molecule has 1 aromatic carbocycles. The molecule has 0 spiro atoms. The van der Waals surface area contributed by atoms with E-state index in [-0.39, 0.29) is 33.8 Å². The van der Waals surface area contributed by atoms with Gasteiger partial charge in [0, 0.05) is 30.8 Å². The molecule has 2 heterocycles. The summed E-state index contributed by atoms with van der Waals surface area (Å²) in [5.74, 6) is -0.266. The molecule has 1 fully saturated rings. The van der Waals surface area contributed by atoms with E-state index in [1.807, 2.05) is 6.07 Å². The fraction of sp³-hybridized carbons (Fsp3) is 0.278. The fourth-order valence-electron chi connectivity index (χ4n) is 3.01. The normalized spacial score (nSPS) is 14.5. The Kier molecular flexibility index (Phi) is 4.90. The molecule has 1 aliphatic rings. The van der Waals surface area contributed by atoms with Crippen molar-refractivity contribution >= 4 is 5.82 Å². The average Bonchev–Trinajstić information content (AvgIpc) is 2.64. The van der Waals surface area contributed by atoms with Crippen molar-refractivity contribution in [3.8, 4) is 29.0 Å². The Bertz CT molecular complexity index is 978. The second-order valence-corrected chi connectivity index (χ2v) is 5.96. The predicted octanol–water partition coefficient (Wildman–Crippen LogP) is 0.905. The number of aromatic nitrogens is 1. The van der Waals surface area contributed by atoms with Gasteiger partial charge >= 0.3 is 0 Å². The minimum Gasteiger partial charge on any atom is -0.507 e. The second-order valence-electron chi connectivity index (χ2n) is 5.96. The van der Waals surface area contributed by atoms with Crippen LogP contribution in [0, 0.1) is 22.7 Å². The number of hydrogen-bond donors (Lipinski definition) is 3. The SMILES string of the molecule is N#Cc1c(N)[nH]c(=O)c(C#N)c1-c1cc(CN2CCOCC2)ccc1O. The van der Waals surface area contributed by atoms with E-state index in [4.69, 9.17) is 10.5 Å². The van der Waals surface area contributed by atoms with Gasteiger partial charge in [0.25, 0.3) is 5.56 Å². The van der Waals surface area contributed by atoms with E-state index in [0.29, 0.717) is 19.8 Å². The van der Waals surface area contributed by atoms with Gasteiger partial charge < -0.3 is 20.6 Å². The Morgan fingerprint density at radius 2 is 1.92 bits per heavy atom. The Balaban J connectivity index is 2.12. The van der Waals surface area contributed by atoms with Gasteiger partial charge in [-0.25, -0.2) is 0 Å². The van der Waals surface area contributed by atoms with Crippen LogP contribution in [0.15, 0.2) is 23.0 Å². The molecular formula is C18H17N5O3. The first kappa shape index (κ1) is 17.5. The maximum absolute atomic E-state index is 12.1. The average molecular weight is 351 g/mol. The maximum Gasteiger partial charge on any atom is 0.268 e. The molecule has 2 aromatic rings. The predicted molar refractivity (Wildman–Crippen MR) is 94.1 cm³/mol. The molecule has 26 heavy (non-hydrogen) atoms. The molecule has 1 aromatic heterocycles. The number of phenolic OH excluding ortho intramolecular Hbond substituents is 1. The van der Waals surface area contributed by atoms with Crippen LogP contribution in [0.2, 0.25) is 0 Å². The van der Waals surface area contributed by atoms with Crippen molar-refractivity contribution in [1.82, 2.24) is 9.88 Å². The molecule has 8 nitrogen and oxygen atoms in total. The summed E-state index contributed by atoms with van der Waals surface area (Å²) in [7, 11) is 0. The number of hydrogen-bond acceptors (Lipinski definition) is 7. The molecule has 1 aliphatic heterocycles. The summed E-state index contributed by atoms with van der Waals surface area (Å²) in [5, 5.41) is 29.1. The molecule has 1 saturated heterocycles. The first-order valence-electron chi connectivity index (χ1n) is 8.03. The van der Waals surface area contributed by atoms with Gasteiger partial charge in [-0.05, 0) is 17.7 Å². The summed E-state index contributed by atoms with van der Waals surface area (Å²) in [6.07, 6.45) is 0. The highest BCUT2D eigenvalue weighted by atomic mass is 16.5. The minimum atomic E-state index is -0.697. The van der Waals surface area contributed by atoms with Crippen LogP contribution in [0.1, 0.15) is 16.7 Å². The Hall–Kier alpha value is -3.33. The standard InChI is InChI=1S/C18H17N5O3/c19-8-13-16(14(9-20)18(25)22-17(13)21)12-7-11(1-2-15(12)24)10-23-3-5-26-6-4-23/h1-2,7,24H,3-6,10H2,(H3,21,22,25). The van der Waals surface area contributed by atoms with E-state index in [9.17, 15) is 20.4 Å². The molecule has 0 saturated carbocycles. The second kappa shape index (κ2) is 7.28. The number of aromatic hydroxyl groups is 1. The lowest BCUT2D eigenvalue weighted by Crippen LogP contribution is -2.35. The molecule has 0 radical (unpaired) electrons. The summed E-state index contributed by atoms with van der Waals surface area (Å²) in [6.45, 7) is 3.53. The third-order valence-electron chi connectivity index (χ3n) is 4.31. The quantitative estimate of drug-likeness (QED) is 0.746. The lowest BCUT2D eigenvalue weighted by Gasteiger charge is -2.26. The van der Waals surface area contributed by atoms with Crippen molar-refractivity contribution in [3.63, 3.8) is 0 Å². The van der Waals surface area contributed by atoms with Gasteiger partial charge in [0.05, 0.1) is 13.2 Å². The number of ether oxygens (including phenoxy) is 1. The number of morpholine rings is 1. The van der Waals surface area contributed by atoms with E-state index >= 15 is 0 Å². The van der Waals surface area contributed by atoms with Gasteiger partial charge in [-0.2, -0.15) is 10.5 Å². The van der Waals surface area contributed by atoms with E-state index in [1.54, 1.807) is 18.2 Å². The summed E-state index contributed by atoms with van der Waals surface area (Å²) >= 11 is 0. The first-order chi connectivity index (χ1) is 12.5. The number of nitrogens with one attached hydrogen (secondary N) is 1. The summed E-state index contributed by atoms with van der Waals surface area (Å²) < 4.78 is 5.33. The van der Waals surface area contributed by atoms with Crippen molar-refractivity contribution in [1.29, 1.82) is 10.5 Å². The summed E-state index contributed by atoms with van der Waals surface area (Å²) in [5.41, 5.74) is 5.92. The molecule has 0 bridgehead atoms. The molecular weight excluding hydrogens is 334 g/mol. The van der Waals surface area contributed by atoms with E-state index < -0.39 is 5.56 Å². The van der Waals surface area contributed by atoms with Gasteiger partial charge in [0.15, 0.2) is 0 Å². The largest absolute Gasteiger partial charge is 0.507 e. The topological polar surface area (TPSA) is 139 Å². The van der Waals surface area contributed by atoms with Gasteiger partial charge in [-0.3, -0.25) is 9.69 Å².